The van der Waals surface area contributed by atoms with Gasteiger partial charge in [0.1, 0.15) is 0 Å². The largest absolute Gasteiger partial charge is 0.383 e. The minimum Gasteiger partial charge on any atom is -0.383 e. The van der Waals surface area contributed by atoms with Gasteiger partial charge in [0, 0.05) is 39.6 Å². The van der Waals surface area contributed by atoms with Crippen molar-refractivity contribution in [1.82, 2.24) is 10.2 Å². The lowest BCUT2D eigenvalue weighted by Crippen LogP contribution is -2.44. The number of rotatable bonds is 10. The Balaban J connectivity index is 2.39. The fourth-order valence-electron chi connectivity index (χ4n) is 3.33. The Morgan fingerprint density at radius 3 is 2.65 bits per heavy atom. The molecule has 1 heterocycles. The minimum atomic E-state index is 0.105. The monoisotopic (exact) mass is 326 g/mol. The van der Waals surface area contributed by atoms with Crippen molar-refractivity contribution in [3.63, 3.8) is 0 Å². The van der Waals surface area contributed by atoms with Crippen molar-refractivity contribution in [2.45, 2.75) is 58.8 Å². The molecule has 0 aliphatic carbocycles. The molecule has 0 radical (unpaired) electrons. The Hall–Kier alpha value is -1.10. The van der Waals surface area contributed by atoms with Gasteiger partial charge >= 0.3 is 0 Å². The minimum absolute atomic E-state index is 0.105. The number of unbranched alkanes of at least 4 members (excludes halogenated alkanes) is 2. The molecule has 1 saturated heterocycles. The summed E-state index contributed by atoms with van der Waals surface area (Å²) in [5.41, 5.74) is 0. The van der Waals surface area contributed by atoms with Crippen LogP contribution in [0.3, 0.4) is 0 Å². The van der Waals surface area contributed by atoms with Gasteiger partial charge in [0.05, 0.1) is 6.61 Å². The second-order valence-corrected chi connectivity index (χ2v) is 6.56. The number of ether oxygens (including phenoxy) is 1. The molecule has 5 heteroatoms. The van der Waals surface area contributed by atoms with Crippen molar-refractivity contribution < 1.29 is 14.3 Å². The smallest absolute Gasteiger partial charge is 0.222 e. The highest BCUT2D eigenvalue weighted by Crippen LogP contribution is 2.29. The zero-order valence-corrected chi connectivity index (χ0v) is 15.1. The predicted octanol–water partition coefficient (Wildman–Crippen LogP) is 2.59. The standard InChI is InChI=1S/C18H34N2O3/c1-4-6-7-8-18(22)20-11-9-16(15(5-2)14-20)13-17(21)19-10-12-23-3/h15-16H,4-14H2,1-3H3,(H,19,21). The van der Waals surface area contributed by atoms with E-state index in [2.05, 4.69) is 19.2 Å². The Bertz CT molecular complexity index is 360. The van der Waals surface area contributed by atoms with Gasteiger partial charge in [-0.15, -0.1) is 0 Å². The lowest BCUT2D eigenvalue weighted by atomic mass is 9.81. The third-order valence-electron chi connectivity index (χ3n) is 4.84. The van der Waals surface area contributed by atoms with Gasteiger partial charge in [-0.3, -0.25) is 9.59 Å². The molecule has 2 amide bonds. The molecule has 1 aliphatic heterocycles. The van der Waals surface area contributed by atoms with Gasteiger partial charge in [-0.1, -0.05) is 33.1 Å². The summed E-state index contributed by atoms with van der Waals surface area (Å²) in [6.07, 6.45) is 6.47. The Morgan fingerprint density at radius 1 is 1.22 bits per heavy atom. The molecule has 2 unspecified atom stereocenters. The first kappa shape index (κ1) is 19.9. The van der Waals surface area contributed by atoms with Crippen LogP contribution in [0.15, 0.2) is 0 Å². The van der Waals surface area contributed by atoms with E-state index in [0.29, 0.717) is 43.7 Å². The zero-order valence-electron chi connectivity index (χ0n) is 15.1. The fourth-order valence-corrected chi connectivity index (χ4v) is 3.33. The number of hydrogen-bond acceptors (Lipinski definition) is 3. The molecule has 1 fully saturated rings. The molecule has 0 aromatic heterocycles. The van der Waals surface area contributed by atoms with Crippen molar-refractivity contribution in [1.29, 1.82) is 0 Å². The third kappa shape index (κ3) is 7.34. The maximum absolute atomic E-state index is 12.3. The highest BCUT2D eigenvalue weighted by atomic mass is 16.5. The summed E-state index contributed by atoms with van der Waals surface area (Å²) in [5, 5.41) is 2.90. The van der Waals surface area contributed by atoms with Crippen LogP contribution in [0, 0.1) is 11.8 Å². The number of carbonyl (C=O) groups excluding carboxylic acids is 2. The molecule has 1 rings (SSSR count). The van der Waals surface area contributed by atoms with Crippen molar-refractivity contribution in [3.05, 3.63) is 0 Å². The molecule has 0 bridgehead atoms. The van der Waals surface area contributed by atoms with Gasteiger partial charge in [-0.05, 0) is 24.7 Å². The summed E-state index contributed by atoms with van der Waals surface area (Å²) in [4.78, 5) is 26.3. The van der Waals surface area contributed by atoms with E-state index >= 15 is 0 Å². The first-order valence-corrected chi connectivity index (χ1v) is 9.15. The maximum Gasteiger partial charge on any atom is 0.222 e. The van der Waals surface area contributed by atoms with Crippen molar-refractivity contribution in [2.24, 2.45) is 11.8 Å². The molecule has 0 saturated carbocycles. The average molecular weight is 326 g/mol. The molecule has 0 aromatic carbocycles. The van der Waals surface area contributed by atoms with E-state index < -0.39 is 0 Å². The third-order valence-corrected chi connectivity index (χ3v) is 4.84. The summed E-state index contributed by atoms with van der Waals surface area (Å²) in [6, 6.07) is 0. The van der Waals surface area contributed by atoms with Crippen LogP contribution in [-0.2, 0) is 14.3 Å². The van der Waals surface area contributed by atoms with Crippen LogP contribution in [0.25, 0.3) is 0 Å². The SMILES string of the molecule is CCCCCC(=O)N1CCC(CC(=O)NCCOC)C(CC)C1. The van der Waals surface area contributed by atoms with Crippen LogP contribution in [-0.4, -0.2) is 50.1 Å². The van der Waals surface area contributed by atoms with Crippen LogP contribution in [0.5, 0.6) is 0 Å². The highest BCUT2D eigenvalue weighted by Gasteiger charge is 2.31. The van der Waals surface area contributed by atoms with Gasteiger partial charge in [0.25, 0.3) is 0 Å². The van der Waals surface area contributed by atoms with Crippen LogP contribution < -0.4 is 5.32 Å². The molecule has 5 nitrogen and oxygen atoms in total. The number of nitrogens with zero attached hydrogens (tertiary/aromatic N) is 1. The van der Waals surface area contributed by atoms with E-state index in [4.69, 9.17) is 4.74 Å². The predicted molar refractivity (Wildman–Crippen MR) is 92.1 cm³/mol. The summed E-state index contributed by atoms with van der Waals surface area (Å²) in [5.74, 6) is 1.22. The number of nitrogens with one attached hydrogen (secondary N) is 1. The molecule has 2 atom stereocenters. The molecular weight excluding hydrogens is 292 g/mol. The van der Waals surface area contributed by atoms with E-state index in [0.717, 1.165) is 45.2 Å². The topological polar surface area (TPSA) is 58.6 Å². The Kier molecular flexibility index (Phi) is 9.92. The van der Waals surface area contributed by atoms with Gasteiger partial charge in [-0.2, -0.15) is 0 Å². The first-order valence-electron chi connectivity index (χ1n) is 9.15. The number of piperidine rings is 1. The highest BCUT2D eigenvalue weighted by molar-refractivity contribution is 5.77. The van der Waals surface area contributed by atoms with E-state index in [1.165, 1.54) is 0 Å². The lowest BCUT2D eigenvalue weighted by molar-refractivity contribution is -0.134. The van der Waals surface area contributed by atoms with E-state index in [1.807, 2.05) is 4.90 Å². The van der Waals surface area contributed by atoms with Crippen LogP contribution in [0.1, 0.15) is 58.8 Å². The summed E-state index contributed by atoms with van der Waals surface area (Å²) >= 11 is 0. The number of amides is 2. The molecule has 0 aromatic rings. The summed E-state index contributed by atoms with van der Waals surface area (Å²) in [7, 11) is 1.63. The number of likely N-dealkylation sites (tertiary alicyclic amines) is 1. The van der Waals surface area contributed by atoms with Crippen molar-refractivity contribution in [3.8, 4) is 0 Å². The molecule has 0 spiro atoms. The Labute approximate surface area is 141 Å². The quantitative estimate of drug-likeness (QED) is 0.628. The van der Waals surface area contributed by atoms with Gasteiger partial charge in [0.2, 0.25) is 11.8 Å². The molecular formula is C18H34N2O3. The average Bonchev–Trinajstić information content (AvgIpc) is 2.55. The van der Waals surface area contributed by atoms with Gasteiger partial charge in [-0.25, -0.2) is 0 Å². The molecule has 1 aliphatic rings. The molecule has 23 heavy (non-hydrogen) atoms. The lowest BCUT2D eigenvalue weighted by Gasteiger charge is -2.38. The van der Waals surface area contributed by atoms with E-state index in [-0.39, 0.29) is 5.91 Å². The second-order valence-electron chi connectivity index (χ2n) is 6.56. The number of carbonyl (C=O) groups is 2. The molecule has 134 valence electrons. The molecule has 1 N–H and O–H groups in total. The number of methoxy groups -OCH3 is 1. The number of hydrogen-bond donors (Lipinski definition) is 1. The van der Waals surface area contributed by atoms with Crippen LogP contribution in [0.4, 0.5) is 0 Å². The first-order chi connectivity index (χ1) is 11.1. The van der Waals surface area contributed by atoms with Crippen LogP contribution in [0.2, 0.25) is 0 Å². The Morgan fingerprint density at radius 2 is 2.00 bits per heavy atom. The van der Waals surface area contributed by atoms with Gasteiger partial charge in [0.15, 0.2) is 0 Å². The van der Waals surface area contributed by atoms with Gasteiger partial charge < -0.3 is 15.0 Å². The summed E-state index contributed by atoms with van der Waals surface area (Å²) in [6.45, 7) is 7.05. The van der Waals surface area contributed by atoms with E-state index in [1.54, 1.807) is 7.11 Å². The maximum atomic E-state index is 12.3. The fraction of sp³-hybridized carbons (Fsp3) is 0.889. The summed E-state index contributed by atoms with van der Waals surface area (Å²) < 4.78 is 4.95. The second kappa shape index (κ2) is 11.4. The van der Waals surface area contributed by atoms with Crippen molar-refractivity contribution in [2.75, 3.05) is 33.4 Å². The van der Waals surface area contributed by atoms with Crippen LogP contribution >= 0.6 is 0 Å². The zero-order chi connectivity index (χ0) is 17.1. The van der Waals surface area contributed by atoms with Crippen molar-refractivity contribution >= 4 is 11.8 Å². The van der Waals surface area contributed by atoms with E-state index in [9.17, 15) is 9.59 Å². The normalized spacial score (nSPS) is 21.3.